The largest absolute Gasteiger partial charge is 0.381 e. The number of hydrogen-bond acceptors (Lipinski definition) is 4. The second-order valence-corrected chi connectivity index (χ2v) is 8.01. The van der Waals surface area contributed by atoms with Crippen LogP contribution < -0.4 is 0 Å². The van der Waals surface area contributed by atoms with E-state index in [4.69, 9.17) is 9.47 Å². The lowest BCUT2D eigenvalue weighted by Crippen LogP contribution is -2.54. The third-order valence-corrected chi connectivity index (χ3v) is 5.98. The summed E-state index contributed by atoms with van der Waals surface area (Å²) in [5.74, 6) is 0. The average Bonchev–Trinajstić information content (AvgIpc) is 2.64. The molecule has 0 radical (unpaired) electrons. The standard InChI is InChI=1S/C21H32N2O2/c1-2-9-22(10-3-1)16-19-5-4-6-20(15-19)17-23-11-14-25-21(18-23)7-12-24-13-8-21/h4-6,15H,1-3,7-14,16-18H2. The van der Waals surface area contributed by atoms with Crippen LogP contribution >= 0.6 is 0 Å². The highest BCUT2D eigenvalue weighted by Crippen LogP contribution is 2.29. The van der Waals surface area contributed by atoms with E-state index in [0.29, 0.717) is 0 Å². The van der Waals surface area contributed by atoms with Gasteiger partial charge in [0.25, 0.3) is 0 Å². The second-order valence-electron chi connectivity index (χ2n) is 8.01. The lowest BCUT2D eigenvalue weighted by atomic mass is 9.92. The zero-order chi connectivity index (χ0) is 17.0. The Labute approximate surface area is 152 Å². The molecule has 3 saturated heterocycles. The first kappa shape index (κ1) is 17.5. The molecule has 1 aromatic rings. The third kappa shape index (κ3) is 4.62. The Morgan fingerprint density at radius 2 is 1.56 bits per heavy atom. The molecule has 0 unspecified atom stereocenters. The molecule has 0 aliphatic carbocycles. The summed E-state index contributed by atoms with van der Waals surface area (Å²) in [6, 6.07) is 9.23. The van der Waals surface area contributed by atoms with Gasteiger partial charge in [0.2, 0.25) is 0 Å². The van der Waals surface area contributed by atoms with Crippen LogP contribution in [0, 0.1) is 0 Å². The van der Waals surface area contributed by atoms with Crippen molar-refractivity contribution in [3.63, 3.8) is 0 Å². The summed E-state index contributed by atoms with van der Waals surface area (Å²) < 4.78 is 11.7. The van der Waals surface area contributed by atoms with Crippen molar-refractivity contribution in [2.45, 2.75) is 50.8 Å². The van der Waals surface area contributed by atoms with Crippen LogP contribution in [0.1, 0.15) is 43.2 Å². The van der Waals surface area contributed by atoms with Crippen molar-refractivity contribution in [3.8, 4) is 0 Å². The van der Waals surface area contributed by atoms with Crippen LogP contribution in [0.25, 0.3) is 0 Å². The first-order valence-electron chi connectivity index (χ1n) is 10.1. The molecule has 0 aromatic heterocycles. The maximum absolute atomic E-state index is 6.17. The van der Waals surface area contributed by atoms with Gasteiger partial charge in [0.1, 0.15) is 0 Å². The molecule has 1 aromatic carbocycles. The number of rotatable bonds is 4. The fraction of sp³-hybridized carbons (Fsp3) is 0.714. The topological polar surface area (TPSA) is 24.9 Å². The van der Waals surface area contributed by atoms with Crippen molar-refractivity contribution < 1.29 is 9.47 Å². The Balaban J connectivity index is 1.36. The van der Waals surface area contributed by atoms with Crippen molar-refractivity contribution in [1.82, 2.24) is 9.80 Å². The fourth-order valence-corrected chi connectivity index (χ4v) is 4.56. The van der Waals surface area contributed by atoms with Gasteiger partial charge in [-0.05, 0) is 37.1 Å². The molecule has 138 valence electrons. The molecule has 0 N–H and O–H groups in total. The van der Waals surface area contributed by atoms with Crippen LogP contribution in [-0.2, 0) is 22.6 Å². The summed E-state index contributed by atoms with van der Waals surface area (Å²) in [4.78, 5) is 5.18. The Morgan fingerprint density at radius 3 is 2.32 bits per heavy atom. The van der Waals surface area contributed by atoms with E-state index in [-0.39, 0.29) is 5.60 Å². The molecule has 3 heterocycles. The predicted octanol–water partition coefficient (Wildman–Crippen LogP) is 3.05. The molecule has 25 heavy (non-hydrogen) atoms. The highest BCUT2D eigenvalue weighted by Gasteiger charge is 2.38. The van der Waals surface area contributed by atoms with Crippen molar-refractivity contribution in [3.05, 3.63) is 35.4 Å². The molecule has 3 fully saturated rings. The van der Waals surface area contributed by atoms with Crippen LogP contribution in [0.4, 0.5) is 0 Å². The summed E-state index contributed by atoms with van der Waals surface area (Å²) in [7, 11) is 0. The van der Waals surface area contributed by atoms with Crippen molar-refractivity contribution in [1.29, 1.82) is 0 Å². The van der Waals surface area contributed by atoms with Gasteiger partial charge in [-0.3, -0.25) is 9.80 Å². The zero-order valence-corrected chi connectivity index (χ0v) is 15.4. The maximum atomic E-state index is 6.17. The van der Waals surface area contributed by atoms with Gasteiger partial charge in [0.15, 0.2) is 0 Å². The average molecular weight is 344 g/mol. The molecule has 4 nitrogen and oxygen atoms in total. The predicted molar refractivity (Wildman–Crippen MR) is 99.6 cm³/mol. The molecule has 0 bridgehead atoms. The lowest BCUT2D eigenvalue weighted by Gasteiger charge is -2.44. The summed E-state index contributed by atoms with van der Waals surface area (Å²) in [6.07, 6.45) is 6.20. The van der Waals surface area contributed by atoms with Gasteiger partial charge < -0.3 is 9.47 Å². The number of ether oxygens (including phenoxy) is 2. The molecule has 4 heteroatoms. The summed E-state index contributed by atoms with van der Waals surface area (Å²) in [5.41, 5.74) is 2.95. The minimum atomic E-state index is 0.0436. The molecular weight excluding hydrogens is 312 g/mol. The van der Waals surface area contributed by atoms with Crippen LogP contribution in [0.3, 0.4) is 0 Å². The number of hydrogen-bond donors (Lipinski definition) is 0. The molecular formula is C21H32N2O2. The molecule has 3 aliphatic heterocycles. The normalized spacial score (nSPS) is 25.3. The van der Waals surface area contributed by atoms with Crippen molar-refractivity contribution in [2.24, 2.45) is 0 Å². The minimum absolute atomic E-state index is 0.0436. The van der Waals surface area contributed by atoms with Gasteiger partial charge in [-0.15, -0.1) is 0 Å². The fourth-order valence-electron chi connectivity index (χ4n) is 4.56. The van der Waals surface area contributed by atoms with E-state index >= 15 is 0 Å². The number of likely N-dealkylation sites (tertiary alicyclic amines) is 1. The Hall–Kier alpha value is -0.940. The summed E-state index contributed by atoms with van der Waals surface area (Å²) in [6.45, 7) is 9.31. The second kappa shape index (κ2) is 8.17. The number of morpholine rings is 1. The van der Waals surface area contributed by atoms with Crippen molar-refractivity contribution in [2.75, 3.05) is 46.0 Å². The summed E-state index contributed by atoms with van der Waals surface area (Å²) in [5, 5.41) is 0. The molecule has 3 aliphatic rings. The highest BCUT2D eigenvalue weighted by molar-refractivity contribution is 5.23. The van der Waals surface area contributed by atoms with Gasteiger partial charge >= 0.3 is 0 Å². The van der Waals surface area contributed by atoms with Gasteiger partial charge in [0, 0.05) is 52.2 Å². The number of piperidine rings is 1. The molecule has 0 atom stereocenters. The van der Waals surface area contributed by atoms with Crippen LogP contribution in [0.5, 0.6) is 0 Å². The van der Waals surface area contributed by atoms with Crippen molar-refractivity contribution >= 4 is 0 Å². The zero-order valence-electron chi connectivity index (χ0n) is 15.4. The smallest absolute Gasteiger partial charge is 0.0853 e. The first-order valence-corrected chi connectivity index (χ1v) is 10.1. The van der Waals surface area contributed by atoms with Crippen LogP contribution in [0.2, 0.25) is 0 Å². The van der Waals surface area contributed by atoms with Gasteiger partial charge in [-0.25, -0.2) is 0 Å². The molecule has 0 amide bonds. The number of benzene rings is 1. The van der Waals surface area contributed by atoms with Crippen LogP contribution in [-0.4, -0.2) is 61.4 Å². The monoisotopic (exact) mass is 344 g/mol. The van der Waals surface area contributed by atoms with E-state index in [2.05, 4.69) is 34.1 Å². The van der Waals surface area contributed by atoms with E-state index in [1.54, 1.807) is 0 Å². The lowest BCUT2D eigenvalue weighted by molar-refractivity contribution is -0.155. The Morgan fingerprint density at radius 1 is 0.840 bits per heavy atom. The molecule has 1 spiro atoms. The summed E-state index contributed by atoms with van der Waals surface area (Å²) >= 11 is 0. The van der Waals surface area contributed by atoms with E-state index in [1.165, 1.54) is 43.5 Å². The van der Waals surface area contributed by atoms with E-state index in [0.717, 1.165) is 58.8 Å². The molecule has 4 rings (SSSR count). The van der Waals surface area contributed by atoms with E-state index in [1.807, 2.05) is 0 Å². The van der Waals surface area contributed by atoms with Gasteiger partial charge in [0.05, 0.1) is 12.2 Å². The van der Waals surface area contributed by atoms with Crippen LogP contribution in [0.15, 0.2) is 24.3 Å². The minimum Gasteiger partial charge on any atom is -0.381 e. The maximum Gasteiger partial charge on any atom is 0.0853 e. The van der Waals surface area contributed by atoms with E-state index < -0.39 is 0 Å². The van der Waals surface area contributed by atoms with Gasteiger partial charge in [-0.2, -0.15) is 0 Å². The first-order chi connectivity index (χ1) is 12.3. The SMILES string of the molecule is c1cc(CN2CCCCC2)cc(CN2CCOC3(CCOCC3)C2)c1. The van der Waals surface area contributed by atoms with Gasteiger partial charge in [-0.1, -0.05) is 30.7 Å². The highest BCUT2D eigenvalue weighted by atomic mass is 16.5. The Bertz CT molecular complexity index is 545. The molecule has 0 saturated carbocycles. The quantitative estimate of drug-likeness (QED) is 0.838. The number of nitrogens with zero attached hydrogens (tertiary/aromatic N) is 2. The third-order valence-electron chi connectivity index (χ3n) is 5.98. The Kier molecular flexibility index (Phi) is 5.71. The van der Waals surface area contributed by atoms with E-state index in [9.17, 15) is 0 Å².